The zero-order valence-electron chi connectivity index (χ0n) is 16.6. The highest BCUT2D eigenvalue weighted by Gasteiger charge is 2.65. The van der Waals surface area contributed by atoms with Gasteiger partial charge in [-0.2, -0.15) is 11.8 Å². The van der Waals surface area contributed by atoms with E-state index in [1.807, 2.05) is 0 Å². The third-order valence-corrected chi connectivity index (χ3v) is 6.29. The fraction of sp³-hybridized carbons (Fsp3) is 0.100. The van der Waals surface area contributed by atoms with Crippen molar-refractivity contribution in [3.8, 4) is 11.3 Å². The van der Waals surface area contributed by atoms with E-state index in [4.69, 9.17) is 4.42 Å². The van der Waals surface area contributed by atoms with Gasteiger partial charge in [0.1, 0.15) is 22.0 Å². The number of rotatable bonds is 6. The second-order valence-electron chi connectivity index (χ2n) is 7.04. The monoisotopic (exact) mass is 509 g/mol. The van der Waals surface area contributed by atoms with E-state index >= 15 is 0 Å². The lowest BCUT2D eigenvalue weighted by Crippen LogP contribution is -2.08. The summed E-state index contributed by atoms with van der Waals surface area (Å²) < 4.78 is 101. The summed E-state index contributed by atoms with van der Waals surface area (Å²) >= 11 is 1.14. The summed E-state index contributed by atoms with van der Waals surface area (Å²) in [5, 5.41) is 2.50. The van der Waals surface area contributed by atoms with Crippen LogP contribution in [-0.4, -0.2) is 16.2 Å². The number of furan rings is 1. The molecule has 0 atom stereocenters. The van der Waals surface area contributed by atoms with Gasteiger partial charge in [0.15, 0.2) is 5.82 Å². The first kappa shape index (κ1) is 23.2. The van der Waals surface area contributed by atoms with Gasteiger partial charge in [0, 0.05) is 17.0 Å². The zero-order valence-corrected chi connectivity index (χ0v) is 18.2. The largest absolute Gasteiger partial charge is 0.464 e. The third-order valence-electron chi connectivity index (χ3n) is 4.54. The van der Waals surface area contributed by atoms with Crippen molar-refractivity contribution in [1.82, 2.24) is 9.97 Å². The molecule has 0 radical (unpaired) electrons. The number of thioether (sulfide) groups is 1. The smallest absolute Gasteiger partial charge is 0.310 e. The zero-order chi connectivity index (χ0) is 24.1. The maximum absolute atomic E-state index is 14.5. The number of nitrogens with one attached hydrogen (secondary N) is 1. The van der Waals surface area contributed by atoms with Crippen molar-refractivity contribution in [2.24, 2.45) is 0 Å². The van der Waals surface area contributed by atoms with Gasteiger partial charge in [0.25, 0.3) is 0 Å². The van der Waals surface area contributed by atoms with E-state index < -0.39 is 26.8 Å². The van der Waals surface area contributed by atoms with Crippen molar-refractivity contribution in [2.45, 2.75) is 10.6 Å². The van der Waals surface area contributed by atoms with Gasteiger partial charge in [-0.15, -0.1) is 0 Å². The van der Waals surface area contributed by atoms with E-state index in [0.29, 0.717) is 6.07 Å². The average Bonchev–Trinajstić information content (AvgIpc) is 3.19. The molecule has 4 aromatic rings. The first-order valence-electron chi connectivity index (χ1n) is 9.08. The lowest BCUT2D eigenvalue weighted by atomic mass is 10.1. The molecular formula is C20H14F7N3OS2. The van der Waals surface area contributed by atoms with Crippen LogP contribution in [0.2, 0.25) is 0 Å². The van der Waals surface area contributed by atoms with E-state index in [0.717, 1.165) is 24.0 Å². The molecule has 0 aliphatic rings. The Kier molecular flexibility index (Phi) is 5.13. The van der Waals surface area contributed by atoms with Crippen LogP contribution in [-0.2, 0) is 5.75 Å². The van der Waals surface area contributed by atoms with E-state index in [9.17, 15) is 28.2 Å². The van der Waals surface area contributed by atoms with Crippen molar-refractivity contribution in [2.75, 3.05) is 11.6 Å². The van der Waals surface area contributed by atoms with Crippen LogP contribution in [0.15, 0.2) is 58.2 Å². The van der Waals surface area contributed by atoms with Crippen LogP contribution in [0.3, 0.4) is 0 Å². The van der Waals surface area contributed by atoms with Crippen LogP contribution in [0, 0.1) is 11.6 Å². The molecule has 4 rings (SSSR count). The fourth-order valence-electron chi connectivity index (χ4n) is 3.17. The Morgan fingerprint density at radius 1 is 1.00 bits per heavy atom. The highest BCUT2D eigenvalue weighted by atomic mass is 32.5. The molecule has 2 aromatic heterocycles. The molecule has 176 valence electrons. The molecule has 33 heavy (non-hydrogen) atoms. The van der Waals surface area contributed by atoms with Crippen LogP contribution < -0.4 is 5.32 Å². The van der Waals surface area contributed by atoms with Crippen LogP contribution in [0.4, 0.5) is 39.8 Å². The maximum Gasteiger partial charge on any atom is 0.310 e. The summed E-state index contributed by atoms with van der Waals surface area (Å²) in [6.45, 7) is 0. The fourth-order valence-corrected chi connectivity index (χ4v) is 4.39. The van der Waals surface area contributed by atoms with Gasteiger partial charge < -0.3 is 9.73 Å². The van der Waals surface area contributed by atoms with Crippen molar-refractivity contribution < 1.29 is 32.6 Å². The molecule has 13 heteroatoms. The van der Waals surface area contributed by atoms with Gasteiger partial charge in [-0.3, -0.25) is 0 Å². The van der Waals surface area contributed by atoms with E-state index in [-0.39, 0.29) is 51.2 Å². The third kappa shape index (κ3) is 4.88. The molecule has 4 nitrogen and oxygen atoms in total. The topological polar surface area (TPSA) is 51.0 Å². The lowest BCUT2D eigenvalue weighted by molar-refractivity contribution is 0.364. The molecule has 0 bridgehead atoms. The Balaban J connectivity index is 1.79. The van der Waals surface area contributed by atoms with Gasteiger partial charge in [0.2, 0.25) is 5.95 Å². The molecule has 1 N–H and O–H groups in total. The van der Waals surface area contributed by atoms with Crippen molar-refractivity contribution in [1.29, 1.82) is 0 Å². The number of aromatic nitrogens is 2. The summed E-state index contributed by atoms with van der Waals surface area (Å²) in [5.41, 5.74) is -0.605. The van der Waals surface area contributed by atoms with Gasteiger partial charge in [0.05, 0.1) is 17.8 Å². The van der Waals surface area contributed by atoms with E-state index in [2.05, 4.69) is 15.3 Å². The SMILES string of the molecule is CSCc1cc(Nc2ncc(F)c(-c3ccc(F)c4ccoc34)n2)cc(S(F)(F)(F)(F)F)c1. The Labute approximate surface area is 186 Å². The molecular weight excluding hydrogens is 495 g/mol. The molecule has 2 heterocycles. The standard InChI is InChI=1S/C20H14F7N3OS2/c1-32-10-11-6-12(8-13(7-11)33(23,24,25,26)27)29-20-28-9-17(22)18(30-20)15-2-3-16(21)14-4-5-31-19(14)15/h2-9H,10H2,1H3,(H,28,29,30). The number of fused-ring (bicyclic) bond motifs is 1. The van der Waals surface area contributed by atoms with Crippen molar-refractivity contribution in [3.05, 3.63) is 66.1 Å². The molecule has 0 saturated carbocycles. The number of halogens is 7. The van der Waals surface area contributed by atoms with Crippen molar-refractivity contribution in [3.63, 3.8) is 0 Å². The number of anilines is 2. The van der Waals surface area contributed by atoms with Gasteiger partial charge in [-0.1, -0.05) is 19.4 Å². The Morgan fingerprint density at radius 2 is 1.76 bits per heavy atom. The highest BCUT2D eigenvalue weighted by molar-refractivity contribution is 8.45. The first-order chi connectivity index (χ1) is 15.2. The minimum absolute atomic E-state index is 0.00344. The minimum atomic E-state index is -9.96. The van der Waals surface area contributed by atoms with Crippen LogP contribution in [0.25, 0.3) is 22.2 Å². The van der Waals surface area contributed by atoms with Crippen LogP contribution in [0.1, 0.15) is 5.56 Å². The number of hydrogen-bond donors (Lipinski definition) is 1. The molecule has 0 aliphatic heterocycles. The Bertz CT molecular complexity index is 1380. The van der Waals surface area contributed by atoms with E-state index in [1.54, 1.807) is 6.26 Å². The van der Waals surface area contributed by atoms with Crippen LogP contribution in [0.5, 0.6) is 0 Å². The summed E-state index contributed by atoms with van der Waals surface area (Å²) in [7, 11) is -9.96. The Hall–Kier alpha value is -2.93. The predicted molar refractivity (Wildman–Crippen MR) is 115 cm³/mol. The van der Waals surface area contributed by atoms with Crippen LogP contribution >= 0.6 is 22.0 Å². The predicted octanol–water partition coefficient (Wildman–Crippen LogP) is 8.43. The average molecular weight is 509 g/mol. The van der Waals surface area contributed by atoms with Gasteiger partial charge >= 0.3 is 10.2 Å². The second-order valence-corrected chi connectivity index (χ2v) is 10.3. The van der Waals surface area contributed by atoms with Crippen molar-refractivity contribution >= 4 is 44.6 Å². The van der Waals surface area contributed by atoms with Gasteiger partial charge in [-0.25, -0.2) is 18.7 Å². The Morgan fingerprint density at radius 3 is 2.45 bits per heavy atom. The quantitative estimate of drug-likeness (QED) is 0.264. The lowest BCUT2D eigenvalue weighted by Gasteiger charge is -2.41. The van der Waals surface area contributed by atoms with E-state index in [1.165, 1.54) is 24.5 Å². The first-order valence-corrected chi connectivity index (χ1v) is 12.4. The molecule has 0 fully saturated rings. The maximum atomic E-state index is 14.5. The summed E-state index contributed by atoms with van der Waals surface area (Å²) in [6.07, 6.45) is 3.56. The number of nitrogens with zero attached hydrogens (tertiary/aromatic N) is 2. The number of benzene rings is 2. The van der Waals surface area contributed by atoms with Gasteiger partial charge in [-0.05, 0) is 48.2 Å². The number of hydrogen-bond acceptors (Lipinski definition) is 5. The summed E-state index contributed by atoms with van der Waals surface area (Å²) in [4.78, 5) is 5.57. The second kappa shape index (κ2) is 7.29. The molecule has 0 unspecified atom stereocenters. The molecule has 2 aromatic carbocycles. The minimum Gasteiger partial charge on any atom is -0.464 e. The molecule has 0 amide bonds. The summed E-state index contributed by atoms with van der Waals surface area (Å²) in [6, 6.07) is 5.52. The molecule has 0 aliphatic carbocycles. The molecule has 0 saturated heterocycles. The normalized spacial score (nSPS) is 14.2. The highest BCUT2D eigenvalue weighted by Crippen LogP contribution is 3.02. The summed E-state index contributed by atoms with van der Waals surface area (Å²) in [5.74, 6) is -1.83. The molecule has 0 spiro atoms.